The number of benzene rings is 1. The third kappa shape index (κ3) is 4.22. The van der Waals surface area contributed by atoms with Crippen molar-refractivity contribution in [2.75, 3.05) is 11.1 Å². The standard InChI is InChI=1S/C18H22N4OS2/c1-4-6-14-11-16(23)22-18(20-14)25-17(21-22)19-12(3)13-7-9-15(10-8-13)24-5-2/h7-12H,4-6H2,1-3H3,(H,19,21). The second-order valence-electron chi connectivity index (χ2n) is 5.81. The van der Waals surface area contributed by atoms with Gasteiger partial charge in [-0.15, -0.1) is 16.9 Å². The molecule has 7 heteroatoms. The summed E-state index contributed by atoms with van der Waals surface area (Å²) >= 11 is 3.24. The minimum atomic E-state index is -0.119. The Kier molecular flexibility index (Phi) is 5.75. The summed E-state index contributed by atoms with van der Waals surface area (Å²) in [6, 6.07) is 10.2. The average Bonchev–Trinajstić information content (AvgIpc) is 2.99. The Morgan fingerprint density at radius 3 is 2.72 bits per heavy atom. The Balaban J connectivity index is 1.79. The molecule has 3 rings (SSSR count). The summed E-state index contributed by atoms with van der Waals surface area (Å²) in [5.41, 5.74) is 1.90. The number of rotatable bonds is 7. The molecule has 0 spiro atoms. The lowest BCUT2D eigenvalue weighted by atomic mass is 10.1. The zero-order chi connectivity index (χ0) is 17.8. The van der Waals surface area contributed by atoms with E-state index in [4.69, 9.17) is 0 Å². The van der Waals surface area contributed by atoms with Crippen LogP contribution in [-0.2, 0) is 6.42 Å². The summed E-state index contributed by atoms with van der Waals surface area (Å²) in [5.74, 6) is 1.07. The topological polar surface area (TPSA) is 59.3 Å². The molecule has 132 valence electrons. The van der Waals surface area contributed by atoms with Crippen LogP contribution in [0.25, 0.3) is 4.96 Å². The van der Waals surface area contributed by atoms with E-state index in [1.54, 1.807) is 6.07 Å². The van der Waals surface area contributed by atoms with Crippen LogP contribution < -0.4 is 10.9 Å². The molecule has 3 aromatic rings. The van der Waals surface area contributed by atoms with Crippen LogP contribution in [0.15, 0.2) is 40.0 Å². The highest BCUT2D eigenvalue weighted by atomic mass is 32.2. The Bertz CT molecular complexity index is 902. The predicted molar refractivity (Wildman–Crippen MR) is 106 cm³/mol. The van der Waals surface area contributed by atoms with Crippen LogP contribution in [0.2, 0.25) is 0 Å². The molecule has 2 heterocycles. The van der Waals surface area contributed by atoms with Crippen molar-refractivity contribution in [2.24, 2.45) is 0 Å². The quantitative estimate of drug-likeness (QED) is 0.622. The second-order valence-corrected chi connectivity index (χ2v) is 8.10. The summed E-state index contributed by atoms with van der Waals surface area (Å²) in [5, 5.41) is 8.46. The van der Waals surface area contributed by atoms with E-state index >= 15 is 0 Å². The zero-order valence-electron chi connectivity index (χ0n) is 14.7. The molecule has 0 amide bonds. The van der Waals surface area contributed by atoms with E-state index in [2.05, 4.69) is 60.4 Å². The van der Waals surface area contributed by atoms with Gasteiger partial charge < -0.3 is 5.32 Å². The summed E-state index contributed by atoms with van der Waals surface area (Å²) in [7, 11) is 0. The lowest BCUT2D eigenvalue weighted by Gasteiger charge is -2.13. The van der Waals surface area contributed by atoms with E-state index in [1.807, 2.05) is 11.8 Å². The number of anilines is 1. The van der Waals surface area contributed by atoms with Crippen molar-refractivity contribution in [3.63, 3.8) is 0 Å². The molecule has 25 heavy (non-hydrogen) atoms. The van der Waals surface area contributed by atoms with E-state index in [1.165, 1.54) is 26.3 Å². The molecule has 0 saturated carbocycles. The first-order chi connectivity index (χ1) is 12.1. The maximum Gasteiger partial charge on any atom is 0.275 e. The van der Waals surface area contributed by atoms with Crippen molar-refractivity contribution in [3.05, 3.63) is 51.9 Å². The Hall–Kier alpha value is -1.86. The maximum atomic E-state index is 12.2. The van der Waals surface area contributed by atoms with Gasteiger partial charge in [-0.3, -0.25) is 4.79 Å². The fraction of sp³-hybridized carbons (Fsp3) is 0.389. The van der Waals surface area contributed by atoms with Crippen molar-refractivity contribution in [3.8, 4) is 0 Å². The summed E-state index contributed by atoms with van der Waals surface area (Å²) in [6.45, 7) is 6.32. The molecule has 1 atom stereocenters. The first-order valence-electron chi connectivity index (χ1n) is 8.49. The van der Waals surface area contributed by atoms with Gasteiger partial charge in [0.25, 0.3) is 5.56 Å². The van der Waals surface area contributed by atoms with Gasteiger partial charge in [0, 0.05) is 16.7 Å². The lowest BCUT2D eigenvalue weighted by Crippen LogP contribution is -2.15. The minimum absolute atomic E-state index is 0.104. The molecule has 0 fully saturated rings. The Morgan fingerprint density at radius 2 is 2.04 bits per heavy atom. The van der Waals surface area contributed by atoms with E-state index in [0.717, 1.165) is 24.3 Å². The Labute approximate surface area is 155 Å². The smallest absolute Gasteiger partial charge is 0.275 e. The highest BCUT2D eigenvalue weighted by molar-refractivity contribution is 7.99. The van der Waals surface area contributed by atoms with Gasteiger partial charge >= 0.3 is 0 Å². The molecule has 0 aliphatic heterocycles. The molecule has 0 bridgehead atoms. The van der Waals surface area contributed by atoms with Crippen LogP contribution in [0.1, 0.15) is 44.5 Å². The molecular formula is C18H22N4OS2. The number of thioether (sulfide) groups is 1. The van der Waals surface area contributed by atoms with E-state index < -0.39 is 0 Å². The van der Waals surface area contributed by atoms with Gasteiger partial charge in [-0.1, -0.05) is 43.7 Å². The minimum Gasteiger partial charge on any atom is -0.354 e. The third-order valence-corrected chi connectivity index (χ3v) is 5.57. The molecule has 1 unspecified atom stereocenters. The number of fused-ring (bicyclic) bond motifs is 1. The lowest BCUT2D eigenvalue weighted by molar-refractivity contribution is 0.826. The van der Waals surface area contributed by atoms with E-state index in [-0.39, 0.29) is 11.6 Å². The van der Waals surface area contributed by atoms with Crippen LogP contribution in [-0.4, -0.2) is 20.4 Å². The molecule has 0 aliphatic rings. The predicted octanol–water partition coefficient (Wildman–Crippen LogP) is 4.39. The van der Waals surface area contributed by atoms with Crippen LogP contribution in [0.3, 0.4) is 0 Å². The van der Waals surface area contributed by atoms with Crippen LogP contribution in [0.4, 0.5) is 5.13 Å². The monoisotopic (exact) mass is 374 g/mol. The highest BCUT2D eigenvalue weighted by Gasteiger charge is 2.12. The first-order valence-corrected chi connectivity index (χ1v) is 10.3. The largest absolute Gasteiger partial charge is 0.354 e. The fourth-order valence-electron chi connectivity index (χ4n) is 2.59. The second kappa shape index (κ2) is 8.01. The molecule has 0 aliphatic carbocycles. The molecule has 0 radical (unpaired) electrons. The molecular weight excluding hydrogens is 352 g/mol. The van der Waals surface area contributed by atoms with Crippen LogP contribution in [0, 0.1) is 0 Å². The van der Waals surface area contributed by atoms with Gasteiger partial charge in [0.1, 0.15) is 0 Å². The number of aromatic nitrogens is 3. The molecule has 1 aromatic carbocycles. The zero-order valence-corrected chi connectivity index (χ0v) is 16.3. The molecule has 5 nitrogen and oxygen atoms in total. The number of hydrogen-bond acceptors (Lipinski definition) is 6. The number of aryl methyl sites for hydroxylation is 1. The molecule has 0 saturated heterocycles. The average molecular weight is 375 g/mol. The summed E-state index contributed by atoms with van der Waals surface area (Å²) < 4.78 is 1.37. The Morgan fingerprint density at radius 1 is 1.28 bits per heavy atom. The van der Waals surface area contributed by atoms with E-state index in [0.29, 0.717) is 10.1 Å². The number of hydrogen-bond donors (Lipinski definition) is 1. The van der Waals surface area contributed by atoms with Crippen molar-refractivity contribution >= 4 is 33.2 Å². The SMILES string of the molecule is CCCc1cc(=O)n2nc(NC(C)c3ccc(SCC)cc3)sc2n1. The third-order valence-electron chi connectivity index (χ3n) is 3.84. The normalized spacial score (nSPS) is 12.4. The summed E-state index contributed by atoms with van der Waals surface area (Å²) in [4.78, 5) is 18.6. The van der Waals surface area contributed by atoms with Crippen LogP contribution in [0.5, 0.6) is 0 Å². The highest BCUT2D eigenvalue weighted by Crippen LogP contribution is 2.25. The van der Waals surface area contributed by atoms with E-state index in [9.17, 15) is 4.79 Å². The van der Waals surface area contributed by atoms with Gasteiger partial charge in [0.2, 0.25) is 10.1 Å². The van der Waals surface area contributed by atoms with Crippen molar-refractivity contribution in [1.82, 2.24) is 14.6 Å². The van der Waals surface area contributed by atoms with Gasteiger partial charge in [0.05, 0.1) is 6.04 Å². The maximum absolute atomic E-state index is 12.2. The molecule has 1 N–H and O–H groups in total. The van der Waals surface area contributed by atoms with Crippen molar-refractivity contribution in [1.29, 1.82) is 0 Å². The summed E-state index contributed by atoms with van der Waals surface area (Å²) in [6.07, 6.45) is 1.78. The fourth-order valence-corrected chi connectivity index (χ4v) is 4.16. The van der Waals surface area contributed by atoms with Gasteiger partial charge in [-0.05, 0) is 36.8 Å². The van der Waals surface area contributed by atoms with Crippen molar-refractivity contribution in [2.45, 2.75) is 44.6 Å². The van der Waals surface area contributed by atoms with Crippen molar-refractivity contribution < 1.29 is 0 Å². The first kappa shape index (κ1) is 17.9. The number of nitrogens with one attached hydrogen (secondary N) is 1. The van der Waals surface area contributed by atoms with Crippen LogP contribution >= 0.6 is 23.1 Å². The van der Waals surface area contributed by atoms with Gasteiger partial charge in [-0.25, -0.2) is 4.98 Å². The molecule has 2 aromatic heterocycles. The van der Waals surface area contributed by atoms with Gasteiger partial charge in [0.15, 0.2) is 0 Å². The van der Waals surface area contributed by atoms with Gasteiger partial charge in [-0.2, -0.15) is 4.52 Å². The number of nitrogens with zero attached hydrogens (tertiary/aromatic N) is 3.